The average molecular weight is 356 g/mol. The molecule has 114 valence electrons. The molecule has 5 nitrogen and oxygen atoms in total. The summed E-state index contributed by atoms with van der Waals surface area (Å²) in [5, 5.41) is 11.7. The molecular weight excluding hydrogens is 338 g/mol. The number of amides is 1. The highest BCUT2D eigenvalue weighted by molar-refractivity contribution is 9.10. The third kappa shape index (κ3) is 4.74. The van der Waals surface area contributed by atoms with E-state index >= 15 is 0 Å². The van der Waals surface area contributed by atoms with Gasteiger partial charge in [0.1, 0.15) is 5.75 Å². The summed E-state index contributed by atoms with van der Waals surface area (Å²) in [7, 11) is 0. The Hall–Kier alpha value is -1.56. The molecule has 1 aromatic rings. The number of benzene rings is 1. The zero-order valence-corrected chi connectivity index (χ0v) is 13.2. The van der Waals surface area contributed by atoms with Gasteiger partial charge in [0.05, 0.1) is 6.42 Å². The molecule has 0 heterocycles. The van der Waals surface area contributed by atoms with Crippen LogP contribution in [0.3, 0.4) is 0 Å². The third-order valence-corrected chi connectivity index (χ3v) is 4.31. The number of carbonyl (C=O) groups excluding carboxylic acids is 1. The molecule has 1 amide bonds. The molecule has 1 aliphatic carbocycles. The van der Waals surface area contributed by atoms with E-state index < -0.39 is 5.97 Å². The second-order valence-electron chi connectivity index (χ2n) is 5.44. The molecule has 2 rings (SSSR count). The van der Waals surface area contributed by atoms with Gasteiger partial charge in [0.2, 0.25) is 0 Å². The van der Waals surface area contributed by atoms with Gasteiger partial charge in [-0.15, -0.1) is 0 Å². The molecule has 0 aliphatic heterocycles. The molecule has 0 atom stereocenters. The predicted octanol–water partition coefficient (Wildman–Crippen LogP) is 2.59. The molecule has 21 heavy (non-hydrogen) atoms. The molecule has 0 radical (unpaired) electrons. The van der Waals surface area contributed by atoms with Crippen LogP contribution >= 0.6 is 15.9 Å². The van der Waals surface area contributed by atoms with Crippen LogP contribution in [0, 0.1) is 5.41 Å². The monoisotopic (exact) mass is 355 g/mol. The fourth-order valence-electron chi connectivity index (χ4n) is 2.43. The minimum atomic E-state index is -0.810. The maximum absolute atomic E-state index is 11.8. The summed E-state index contributed by atoms with van der Waals surface area (Å²) in [4.78, 5) is 22.6. The number of ether oxygens (including phenoxy) is 1. The van der Waals surface area contributed by atoms with E-state index in [1.165, 1.54) is 0 Å². The molecule has 0 aromatic heterocycles. The molecule has 0 spiro atoms. The first-order valence-corrected chi connectivity index (χ1v) is 7.65. The SMILES string of the molecule is O=C(O)CC1(CNC(=O)COc2ccc(Br)cc2)CCC1. The van der Waals surface area contributed by atoms with E-state index in [-0.39, 0.29) is 24.3 Å². The van der Waals surface area contributed by atoms with Gasteiger partial charge in [-0.25, -0.2) is 0 Å². The second-order valence-corrected chi connectivity index (χ2v) is 6.36. The van der Waals surface area contributed by atoms with Crippen molar-refractivity contribution in [3.05, 3.63) is 28.7 Å². The summed E-state index contributed by atoms with van der Waals surface area (Å²) >= 11 is 3.32. The number of carboxylic acids is 1. The maximum Gasteiger partial charge on any atom is 0.303 e. The first-order valence-electron chi connectivity index (χ1n) is 6.86. The highest BCUT2D eigenvalue weighted by Crippen LogP contribution is 2.43. The van der Waals surface area contributed by atoms with Crippen molar-refractivity contribution in [2.45, 2.75) is 25.7 Å². The number of aliphatic carboxylic acids is 1. The highest BCUT2D eigenvalue weighted by Gasteiger charge is 2.39. The van der Waals surface area contributed by atoms with Crippen molar-refractivity contribution < 1.29 is 19.4 Å². The quantitative estimate of drug-likeness (QED) is 0.788. The van der Waals surface area contributed by atoms with Crippen molar-refractivity contribution in [2.24, 2.45) is 5.41 Å². The maximum atomic E-state index is 11.8. The van der Waals surface area contributed by atoms with Gasteiger partial charge < -0.3 is 15.2 Å². The first-order chi connectivity index (χ1) is 9.99. The van der Waals surface area contributed by atoms with Crippen molar-refractivity contribution in [1.82, 2.24) is 5.32 Å². The van der Waals surface area contributed by atoms with Crippen molar-refractivity contribution in [3.63, 3.8) is 0 Å². The third-order valence-electron chi connectivity index (χ3n) is 3.78. The molecule has 1 aliphatic rings. The van der Waals surface area contributed by atoms with Gasteiger partial charge in [-0.05, 0) is 42.5 Å². The molecule has 0 bridgehead atoms. The van der Waals surface area contributed by atoms with Crippen LogP contribution in [0.25, 0.3) is 0 Å². The van der Waals surface area contributed by atoms with Gasteiger partial charge in [-0.3, -0.25) is 9.59 Å². The second kappa shape index (κ2) is 6.93. The van der Waals surface area contributed by atoms with Crippen molar-refractivity contribution in [2.75, 3.05) is 13.2 Å². The summed E-state index contributed by atoms with van der Waals surface area (Å²) in [6.07, 6.45) is 2.85. The van der Waals surface area contributed by atoms with Crippen LogP contribution in [-0.4, -0.2) is 30.1 Å². The van der Waals surface area contributed by atoms with Crippen LogP contribution < -0.4 is 10.1 Å². The van der Waals surface area contributed by atoms with Crippen LogP contribution in [0.1, 0.15) is 25.7 Å². The lowest BCUT2D eigenvalue weighted by atomic mass is 9.66. The Balaban J connectivity index is 1.74. The van der Waals surface area contributed by atoms with E-state index in [0.717, 1.165) is 23.7 Å². The molecular formula is C15H18BrNO4. The number of carboxylic acid groups (broad SMARTS) is 1. The van der Waals surface area contributed by atoms with Gasteiger partial charge in [0.25, 0.3) is 5.91 Å². The van der Waals surface area contributed by atoms with Crippen LogP contribution in [0.5, 0.6) is 5.75 Å². The Kier molecular flexibility index (Phi) is 5.22. The number of nitrogens with one attached hydrogen (secondary N) is 1. The Labute approximate surface area is 131 Å². The van der Waals surface area contributed by atoms with Crippen molar-refractivity contribution >= 4 is 27.8 Å². The first kappa shape index (κ1) is 15.8. The van der Waals surface area contributed by atoms with Crippen LogP contribution in [0.15, 0.2) is 28.7 Å². The van der Waals surface area contributed by atoms with E-state index in [2.05, 4.69) is 21.2 Å². The normalized spacial score (nSPS) is 15.9. The Morgan fingerprint density at radius 2 is 1.95 bits per heavy atom. The predicted molar refractivity (Wildman–Crippen MR) is 81.2 cm³/mol. The molecule has 1 fully saturated rings. The number of hydrogen-bond donors (Lipinski definition) is 2. The lowest BCUT2D eigenvalue weighted by Gasteiger charge is -2.40. The highest BCUT2D eigenvalue weighted by atomic mass is 79.9. The number of hydrogen-bond acceptors (Lipinski definition) is 3. The lowest BCUT2D eigenvalue weighted by molar-refractivity contribution is -0.142. The largest absolute Gasteiger partial charge is 0.484 e. The molecule has 2 N–H and O–H groups in total. The van der Waals surface area contributed by atoms with Crippen LogP contribution in [0.4, 0.5) is 0 Å². The Bertz CT molecular complexity index is 511. The molecule has 6 heteroatoms. The van der Waals surface area contributed by atoms with Gasteiger partial charge in [0, 0.05) is 11.0 Å². The van der Waals surface area contributed by atoms with Gasteiger partial charge >= 0.3 is 5.97 Å². The Morgan fingerprint density at radius 1 is 1.29 bits per heavy atom. The fraction of sp³-hybridized carbons (Fsp3) is 0.467. The lowest BCUT2D eigenvalue weighted by Crippen LogP contribution is -2.44. The summed E-state index contributed by atoms with van der Waals surface area (Å²) in [6.45, 7) is 0.340. The topological polar surface area (TPSA) is 75.6 Å². The van der Waals surface area contributed by atoms with Gasteiger partial charge in [-0.1, -0.05) is 22.4 Å². The van der Waals surface area contributed by atoms with Gasteiger partial charge in [0.15, 0.2) is 6.61 Å². The zero-order chi connectivity index (χ0) is 15.3. The van der Waals surface area contributed by atoms with Crippen LogP contribution in [0.2, 0.25) is 0 Å². The Morgan fingerprint density at radius 3 is 2.48 bits per heavy atom. The smallest absolute Gasteiger partial charge is 0.303 e. The van der Waals surface area contributed by atoms with Crippen LogP contribution in [-0.2, 0) is 9.59 Å². The van der Waals surface area contributed by atoms with Crippen molar-refractivity contribution in [3.8, 4) is 5.75 Å². The fourth-order valence-corrected chi connectivity index (χ4v) is 2.69. The van der Waals surface area contributed by atoms with Crippen molar-refractivity contribution in [1.29, 1.82) is 0 Å². The standard InChI is InChI=1S/C15H18BrNO4/c16-11-2-4-12(5-3-11)21-9-13(18)17-10-15(6-1-7-15)8-14(19)20/h2-5H,1,6-10H2,(H,17,18)(H,19,20). The zero-order valence-electron chi connectivity index (χ0n) is 11.6. The van der Waals surface area contributed by atoms with E-state index in [4.69, 9.17) is 9.84 Å². The number of halogens is 1. The van der Waals surface area contributed by atoms with E-state index in [1.807, 2.05) is 12.1 Å². The van der Waals surface area contributed by atoms with E-state index in [1.54, 1.807) is 12.1 Å². The minimum Gasteiger partial charge on any atom is -0.484 e. The van der Waals surface area contributed by atoms with E-state index in [0.29, 0.717) is 12.3 Å². The summed E-state index contributed by atoms with van der Waals surface area (Å²) < 4.78 is 6.32. The number of rotatable bonds is 7. The molecule has 1 aromatic carbocycles. The van der Waals surface area contributed by atoms with E-state index in [9.17, 15) is 9.59 Å². The summed E-state index contributed by atoms with van der Waals surface area (Å²) in [5.74, 6) is -0.415. The molecule has 0 saturated heterocycles. The summed E-state index contributed by atoms with van der Waals surface area (Å²) in [5.41, 5.74) is -0.265. The molecule has 0 unspecified atom stereocenters. The van der Waals surface area contributed by atoms with Gasteiger partial charge in [-0.2, -0.15) is 0 Å². The minimum absolute atomic E-state index is 0.0647. The summed E-state index contributed by atoms with van der Waals surface area (Å²) in [6, 6.07) is 7.22. The number of carbonyl (C=O) groups is 2. The average Bonchev–Trinajstić information content (AvgIpc) is 2.40. The molecule has 1 saturated carbocycles.